The highest BCUT2D eigenvalue weighted by atomic mass is 79.9. The Labute approximate surface area is 124 Å². The quantitative estimate of drug-likeness (QED) is 0.811. The molecule has 20 heavy (non-hydrogen) atoms. The lowest BCUT2D eigenvalue weighted by Gasteiger charge is -2.16. The van der Waals surface area contributed by atoms with Gasteiger partial charge in [-0.2, -0.15) is 0 Å². The number of nitrogens with zero attached hydrogens (tertiary/aromatic N) is 1. The molecule has 4 nitrogen and oxygen atoms in total. The van der Waals surface area contributed by atoms with Crippen LogP contribution in [0.5, 0.6) is 0 Å². The monoisotopic (exact) mass is 333 g/mol. The van der Waals surface area contributed by atoms with Crippen LogP contribution in [0.1, 0.15) is 17.3 Å². The molecule has 1 amide bonds. The number of hydrogen-bond acceptors (Lipinski definition) is 3. The maximum absolute atomic E-state index is 12.4. The molecule has 2 aromatic carbocycles. The van der Waals surface area contributed by atoms with Gasteiger partial charge in [0, 0.05) is 15.4 Å². The van der Waals surface area contributed by atoms with Crippen molar-refractivity contribution in [3.63, 3.8) is 0 Å². The Bertz CT molecular complexity index is 726. The Hall–Kier alpha value is -1.88. The van der Waals surface area contributed by atoms with Gasteiger partial charge in [0.1, 0.15) is 6.54 Å². The standard InChI is InChI=1S/C15H12BrNO3/c1-2-20-13(18)8-17-12-7-6-11(16)9-4-3-5-10(14(9)12)15(17)19/h3-7H,2,8H2,1H3. The van der Waals surface area contributed by atoms with Crippen molar-refractivity contribution in [2.75, 3.05) is 18.1 Å². The Kier molecular flexibility index (Phi) is 3.22. The number of anilines is 1. The van der Waals surface area contributed by atoms with E-state index >= 15 is 0 Å². The molecule has 2 aromatic rings. The summed E-state index contributed by atoms with van der Waals surface area (Å²) < 4.78 is 5.86. The van der Waals surface area contributed by atoms with Gasteiger partial charge < -0.3 is 4.74 Å². The summed E-state index contributed by atoms with van der Waals surface area (Å²) in [5.74, 6) is -0.554. The van der Waals surface area contributed by atoms with Gasteiger partial charge in [-0.25, -0.2) is 0 Å². The van der Waals surface area contributed by atoms with E-state index in [-0.39, 0.29) is 12.5 Å². The minimum Gasteiger partial charge on any atom is -0.465 e. The van der Waals surface area contributed by atoms with E-state index in [9.17, 15) is 9.59 Å². The minimum atomic E-state index is -0.398. The zero-order chi connectivity index (χ0) is 14.3. The first-order valence-electron chi connectivity index (χ1n) is 6.32. The van der Waals surface area contributed by atoms with Gasteiger partial charge in [-0.3, -0.25) is 14.5 Å². The molecule has 0 aromatic heterocycles. The molecule has 0 atom stereocenters. The Morgan fingerprint density at radius 3 is 2.85 bits per heavy atom. The molecule has 102 valence electrons. The molecule has 0 aliphatic carbocycles. The fourth-order valence-corrected chi connectivity index (χ4v) is 2.97. The van der Waals surface area contributed by atoms with Gasteiger partial charge in [0.15, 0.2) is 0 Å². The summed E-state index contributed by atoms with van der Waals surface area (Å²) in [6, 6.07) is 9.32. The molecule has 0 N–H and O–H groups in total. The van der Waals surface area contributed by atoms with Crippen molar-refractivity contribution in [2.24, 2.45) is 0 Å². The number of carbonyl (C=O) groups excluding carboxylic acids is 2. The van der Waals surface area contributed by atoms with Crippen LogP contribution >= 0.6 is 15.9 Å². The second-order valence-electron chi connectivity index (χ2n) is 4.49. The molecular formula is C15H12BrNO3. The molecule has 1 heterocycles. The lowest BCUT2D eigenvalue weighted by Crippen LogP contribution is -2.33. The van der Waals surface area contributed by atoms with Crippen molar-refractivity contribution in [2.45, 2.75) is 6.92 Å². The van der Waals surface area contributed by atoms with E-state index in [0.29, 0.717) is 12.2 Å². The van der Waals surface area contributed by atoms with Crippen LogP contribution in [0.25, 0.3) is 10.8 Å². The molecule has 0 fully saturated rings. The van der Waals surface area contributed by atoms with Gasteiger partial charge in [0.25, 0.3) is 5.91 Å². The SMILES string of the molecule is CCOC(=O)CN1C(=O)c2cccc3c(Br)ccc1c23. The van der Waals surface area contributed by atoms with E-state index in [1.54, 1.807) is 13.0 Å². The van der Waals surface area contributed by atoms with Crippen molar-refractivity contribution in [3.05, 3.63) is 40.4 Å². The summed E-state index contributed by atoms with van der Waals surface area (Å²) >= 11 is 3.49. The zero-order valence-corrected chi connectivity index (χ0v) is 12.4. The maximum Gasteiger partial charge on any atom is 0.326 e. The van der Waals surface area contributed by atoms with Gasteiger partial charge in [0.05, 0.1) is 12.3 Å². The number of carbonyl (C=O) groups is 2. The number of amides is 1. The summed E-state index contributed by atoms with van der Waals surface area (Å²) in [5, 5.41) is 1.86. The van der Waals surface area contributed by atoms with Crippen molar-refractivity contribution in [1.29, 1.82) is 0 Å². The van der Waals surface area contributed by atoms with Crippen LogP contribution in [-0.4, -0.2) is 25.0 Å². The first-order chi connectivity index (χ1) is 9.63. The Balaban J connectivity index is 2.10. The smallest absolute Gasteiger partial charge is 0.326 e. The zero-order valence-electron chi connectivity index (χ0n) is 10.9. The molecule has 0 radical (unpaired) electrons. The molecule has 3 rings (SSSR count). The summed E-state index contributed by atoms with van der Waals surface area (Å²) in [7, 11) is 0. The lowest BCUT2D eigenvalue weighted by atomic mass is 10.1. The average Bonchev–Trinajstić information content (AvgIpc) is 2.70. The van der Waals surface area contributed by atoms with Crippen LogP contribution in [0.4, 0.5) is 5.69 Å². The largest absolute Gasteiger partial charge is 0.465 e. The number of esters is 1. The van der Waals surface area contributed by atoms with Gasteiger partial charge in [-0.05, 0) is 30.5 Å². The Morgan fingerprint density at radius 2 is 2.10 bits per heavy atom. The summed E-state index contributed by atoms with van der Waals surface area (Å²) in [6.07, 6.45) is 0. The summed E-state index contributed by atoms with van der Waals surface area (Å²) in [6.45, 7) is 2.00. The summed E-state index contributed by atoms with van der Waals surface area (Å²) in [5.41, 5.74) is 1.39. The van der Waals surface area contributed by atoms with E-state index in [4.69, 9.17) is 4.74 Å². The molecule has 0 saturated heterocycles. The lowest BCUT2D eigenvalue weighted by molar-refractivity contribution is -0.141. The molecule has 0 bridgehead atoms. The number of halogens is 1. The highest BCUT2D eigenvalue weighted by Gasteiger charge is 2.31. The Morgan fingerprint density at radius 1 is 1.30 bits per heavy atom. The van der Waals surface area contributed by atoms with E-state index in [0.717, 1.165) is 20.9 Å². The van der Waals surface area contributed by atoms with E-state index < -0.39 is 5.97 Å². The van der Waals surface area contributed by atoms with E-state index in [1.165, 1.54) is 4.90 Å². The first kappa shape index (κ1) is 13.1. The van der Waals surface area contributed by atoms with Crippen LogP contribution in [0.2, 0.25) is 0 Å². The fraction of sp³-hybridized carbons (Fsp3) is 0.200. The predicted octanol–water partition coefficient (Wildman–Crippen LogP) is 3.13. The molecule has 0 spiro atoms. The second-order valence-corrected chi connectivity index (χ2v) is 5.35. The second kappa shape index (κ2) is 4.90. The molecule has 1 aliphatic rings. The third-order valence-electron chi connectivity index (χ3n) is 3.32. The highest BCUT2D eigenvalue weighted by Crippen LogP contribution is 2.40. The van der Waals surface area contributed by atoms with Gasteiger partial charge in [-0.1, -0.05) is 28.1 Å². The first-order valence-corrected chi connectivity index (χ1v) is 7.11. The van der Waals surface area contributed by atoms with Crippen molar-refractivity contribution >= 4 is 44.3 Å². The number of rotatable bonds is 3. The molecule has 1 aliphatic heterocycles. The highest BCUT2D eigenvalue weighted by molar-refractivity contribution is 9.10. The minimum absolute atomic E-state index is 0.0575. The number of benzene rings is 2. The number of ether oxygens (including phenoxy) is 1. The number of hydrogen-bond donors (Lipinski definition) is 0. The van der Waals surface area contributed by atoms with Crippen LogP contribution < -0.4 is 4.90 Å². The summed E-state index contributed by atoms with van der Waals surface area (Å²) in [4.78, 5) is 25.6. The van der Waals surface area contributed by atoms with Crippen molar-refractivity contribution < 1.29 is 14.3 Å². The third-order valence-corrected chi connectivity index (χ3v) is 4.02. The fourth-order valence-electron chi connectivity index (χ4n) is 2.50. The van der Waals surface area contributed by atoms with Crippen molar-refractivity contribution in [1.82, 2.24) is 0 Å². The van der Waals surface area contributed by atoms with Crippen LogP contribution in [-0.2, 0) is 9.53 Å². The van der Waals surface area contributed by atoms with E-state index in [1.807, 2.05) is 24.3 Å². The van der Waals surface area contributed by atoms with Crippen LogP contribution in [0.15, 0.2) is 34.8 Å². The van der Waals surface area contributed by atoms with Gasteiger partial charge in [0.2, 0.25) is 0 Å². The normalized spacial score (nSPS) is 13.1. The average molecular weight is 334 g/mol. The predicted molar refractivity (Wildman–Crippen MR) is 80.0 cm³/mol. The topological polar surface area (TPSA) is 46.6 Å². The van der Waals surface area contributed by atoms with E-state index in [2.05, 4.69) is 15.9 Å². The van der Waals surface area contributed by atoms with Gasteiger partial charge >= 0.3 is 5.97 Å². The molecule has 0 unspecified atom stereocenters. The molecule has 0 saturated carbocycles. The maximum atomic E-state index is 12.4. The van der Waals surface area contributed by atoms with Crippen LogP contribution in [0, 0.1) is 0 Å². The molecule has 5 heteroatoms. The van der Waals surface area contributed by atoms with Crippen LogP contribution in [0.3, 0.4) is 0 Å². The molecular weight excluding hydrogens is 322 g/mol. The third kappa shape index (κ3) is 1.89. The van der Waals surface area contributed by atoms with Crippen molar-refractivity contribution in [3.8, 4) is 0 Å². The van der Waals surface area contributed by atoms with Gasteiger partial charge in [-0.15, -0.1) is 0 Å².